The van der Waals surface area contributed by atoms with Gasteiger partial charge in [0.25, 0.3) is 11.8 Å². The highest BCUT2D eigenvalue weighted by Crippen LogP contribution is 2.43. The smallest absolute Gasteiger partial charge is 0.254 e. The van der Waals surface area contributed by atoms with Gasteiger partial charge < -0.3 is 0 Å². The largest absolute Gasteiger partial charge is 0.269 e. The van der Waals surface area contributed by atoms with E-state index in [0.717, 1.165) is 6.42 Å². The Balaban J connectivity index is 2.11. The summed E-state index contributed by atoms with van der Waals surface area (Å²) in [4.78, 5) is 25.3. The minimum atomic E-state index is -0.185. The fraction of sp³-hybridized carbons (Fsp3) is 0.375. The normalized spacial score (nSPS) is 25.3. The molecule has 98 valence electrons. The summed E-state index contributed by atoms with van der Waals surface area (Å²) < 4.78 is 0. The molecule has 0 unspecified atom stereocenters. The first kappa shape index (κ1) is 12.2. The number of imide groups is 1. The van der Waals surface area contributed by atoms with Crippen molar-refractivity contribution in [2.24, 2.45) is 5.92 Å². The first-order valence-corrected chi connectivity index (χ1v) is 6.64. The first-order valence-electron chi connectivity index (χ1n) is 6.64. The number of hydrogen-bond acceptors (Lipinski definition) is 2. The summed E-state index contributed by atoms with van der Waals surface area (Å²) in [6.07, 6.45) is 3.67. The molecule has 2 amide bonds. The third-order valence-electron chi connectivity index (χ3n) is 4.12. The van der Waals surface area contributed by atoms with Crippen LogP contribution in [0.2, 0.25) is 0 Å². The molecule has 1 aliphatic heterocycles. The number of hydrogen-bond donors (Lipinski definition) is 0. The van der Waals surface area contributed by atoms with E-state index in [-0.39, 0.29) is 23.8 Å². The van der Waals surface area contributed by atoms with Crippen LogP contribution in [0.3, 0.4) is 0 Å². The van der Waals surface area contributed by atoms with Crippen molar-refractivity contribution < 1.29 is 9.59 Å². The third kappa shape index (κ3) is 1.72. The van der Waals surface area contributed by atoms with Crippen LogP contribution in [0.25, 0.3) is 0 Å². The van der Waals surface area contributed by atoms with E-state index >= 15 is 0 Å². The van der Waals surface area contributed by atoms with Gasteiger partial charge in [-0.05, 0) is 42.9 Å². The van der Waals surface area contributed by atoms with Crippen LogP contribution in [0.4, 0.5) is 0 Å². The van der Waals surface area contributed by atoms with Crippen molar-refractivity contribution in [3.8, 4) is 0 Å². The molecule has 0 saturated carbocycles. The van der Waals surface area contributed by atoms with Crippen molar-refractivity contribution >= 4 is 11.8 Å². The molecule has 0 bridgehead atoms. The van der Waals surface area contributed by atoms with Crippen LogP contribution in [0.15, 0.2) is 24.3 Å². The Bertz CT molecular complexity index is 597. The second kappa shape index (κ2) is 4.05. The van der Waals surface area contributed by atoms with E-state index in [2.05, 4.69) is 32.9 Å². The lowest BCUT2D eigenvalue weighted by molar-refractivity contribution is -0.140. The molecule has 3 heteroatoms. The maximum Gasteiger partial charge on any atom is 0.254 e. The van der Waals surface area contributed by atoms with E-state index in [1.54, 1.807) is 0 Å². The van der Waals surface area contributed by atoms with E-state index in [1.807, 2.05) is 0 Å². The zero-order valence-corrected chi connectivity index (χ0v) is 11.4. The summed E-state index contributed by atoms with van der Waals surface area (Å²) in [5.74, 6) is -0.0901. The maximum atomic E-state index is 11.9. The molecule has 3 rings (SSSR count). The van der Waals surface area contributed by atoms with E-state index in [4.69, 9.17) is 0 Å². The predicted octanol–water partition coefficient (Wildman–Crippen LogP) is 2.46. The molecule has 0 aromatic heterocycles. The Kier molecular flexibility index (Phi) is 2.59. The highest BCUT2D eigenvalue weighted by Gasteiger charge is 2.41. The van der Waals surface area contributed by atoms with Gasteiger partial charge in [0.2, 0.25) is 0 Å². The predicted molar refractivity (Wildman–Crippen MR) is 72.5 cm³/mol. The fourth-order valence-electron chi connectivity index (χ4n) is 3.47. The molecule has 1 aliphatic carbocycles. The van der Waals surface area contributed by atoms with Gasteiger partial charge >= 0.3 is 0 Å². The van der Waals surface area contributed by atoms with Crippen LogP contribution in [-0.4, -0.2) is 16.7 Å². The number of nitrogens with zero attached hydrogens (tertiary/aromatic N) is 1. The average Bonchev–Trinajstić information content (AvgIpc) is 2.79. The second-order valence-corrected chi connectivity index (χ2v) is 5.66. The molecule has 0 fully saturated rings. The van der Waals surface area contributed by atoms with Gasteiger partial charge in [-0.25, -0.2) is 0 Å². The van der Waals surface area contributed by atoms with E-state index in [1.165, 1.54) is 39.3 Å². The lowest BCUT2D eigenvalue weighted by Gasteiger charge is -2.27. The molecule has 0 spiro atoms. The van der Waals surface area contributed by atoms with Crippen LogP contribution in [0.1, 0.15) is 35.2 Å². The van der Waals surface area contributed by atoms with Gasteiger partial charge in [-0.15, -0.1) is 0 Å². The lowest BCUT2D eigenvalue weighted by atomic mass is 9.96. The highest BCUT2D eigenvalue weighted by molar-refractivity contribution is 6.13. The number of amides is 2. The molecule has 0 saturated heterocycles. The zero-order valence-electron chi connectivity index (χ0n) is 11.4. The van der Waals surface area contributed by atoms with Crippen LogP contribution < -0.4 is 0 Å². The molecule has 19 heavy (non-hydrogen) atoms. The van der Waals surface area contributed by atoms with E-state index in [0.29, 0.717) is 0 Å². The lowest BCUT2D eigenvalue weighted by Crippen LogP contribution is -2.36. The zero-order chi connectivity index (χ0) is 13.7. The Hall–Kier alpha value is -1.90. The summed E-state index contributed by atoms with van der Waals surface area (Å²) >= 11 is 0. The second-order valence-electron chi connectivity index (χ2n) is 5.66. The van der Waals surface area contributed by atoms with Crippen LogP contribution >= 0.6 is 0 Å². The third-order valence-corrected chi connectivity index (χ3v) is 4.12. The van der Waals surface area contributed by atoms with Crippen molar-refractivity contribution in [2.75, 3.05) is 0 Å². The molecular formula is C16H17NO2. The minimum absolute atomic E-state index is 0.106. The minimum Gasteiger partial charge on any atom is -0.269 e. The van der Waals surface area contributed by atoms with E-state index in [9.17, 15) is 9.59 Å². The Morgan fingerprint density at radius 2 is 1.74 bits per heavy atom. The number of benzene rings is 1. The SMILES string of the molecule is Cc1cc(C)c2c(c1)C[C@H](C)[C@@H]2N1C(=O)C=CC1=O. The first-order chi connectivity index (χ1) is 8.99. The summed E-state index contributed by atoms with van der Waals surface area (Å²) in [5, 5.41) is 0. The van der Waals surface area contributed by atoms with Gasteiger partial charge in [0.15, 0.2) is 0 Å². The van der Waals surface area contributed by atoms with E-state index < -0.39 is 0 Å². The topological polar surface area (TPSA) is 37.4 Å². The number of rotatable bonds is 1. The Morgan fingerprint density at radius 3 is 2.37 bits per heavy atom. The monoisotopic (exact) mass is 255 g/mol. The molecule has 2 atom stereocenters. The van der Waals surface area contributed by atoms with Crippen molar-refractivity contribution in [3.05, 3.63) is 46.5 Å². The van der Waals surface area contributed by atoms with Gasteiger partial charge in [0.05, 0.1) is 6.04 Å². The number of carbonyl (C=O) groups is 2. The average molecular weight is 255 g/mol. The Labute approximate surface area is 112 Å². The van der Waals surface area contributed by atoms with Crippen LogP contribution in [0, 0.1) is 19.8 Å². The summed E-state index contributed by atoms with van der Waals surface area (Å²) in [6.45, 7) is 6.26. The van der Waals surface area contributed by atoms with Gasteiger partial charge in [0, 0.05) is 12.2 Å². The molecule has 1 aromatic rings. The molecule has 0 N–H and O–H groups in total. The van der Waals surface area contributed by atoms with Crippen molar-refractivity contribution in [1.82, 2.24) is 4.90 Å². The van der Waals surface area contributed by atoms with Crippen molar-refractivity contribution in [3.63, 3.8) is 0 Å². The molecule has 1 aromatic carbocycles. The Morgan fingerprint density at radius 1 is 1.11 bits per heavy atom. The van der Waals surface area contributed by atoms with Gasteiger partial charge in [-0.2, -0.15) is 0 Å². The molecule has 1 heterocycles. The molecule has 2 aliphatic rings. The highest BCUT2D eigenvalue weighted by atomic mass is 16.2. The summed E-state index contributed by atoms with van der Waals surface area (Å²) in [6, 6.07) is 4.20. The fourth-order valence-corrected chi connectivity index (χ4v) is 3.47. The van der Waals surface area contributed by atoms with Gasteiger partial charge in [0.1, 0.15) is 0 Å². The maximum absolute atomic E-state index is 11.9. The number of fused-ring (bicyclic) bond motifs is 1. The van der Waals surface area contributed by atoms with Crippen LogP contribution in [-0.2, 0) is 16.0 Å². The van der Waals surface area contributed by atoms with Gasteiger partial charge in [-0.1, -0.05) is 24.6 Å². The molecule has 0 radical (unpaired) electrons. The molecule has 3 nitrogen and oxygen atoms in total. The quantitative estimate of drug-likeness (QED) is 0.723. The standard InChI is InChI=1S/C16H17NO2/c1-9-6-10(2)15-12(7-9)8-11(3)16(15)17-13(18)4-5-14(17)19/h4-7,11,16H,8H2,1-3H3/t11-,16-/m0/s1. The van der Waals surface area contributed by atoms with Crippen molar-refractivity contribution in [2.45, 2.75) is 33.2 Å². The number of aryl methyl sites for hydroxylation is 2. The van der Waals surface area contributed by atoms with Gasteiger partial charge in [-0.3, -0.25) is 14.5 Å². The number of carbonyl (C=O) groups excluding carboxylic acids is 2. The molecular weight excluding hydrogens is 238 g/mol. The van der Waals surface area contributed by atoms with Crippen molar-refractivity contribution in [1.29, 1.82) is 0 Å². The van der Waals surface area contributed by atoms with Crippen LogP contribution in [0.5, 0.6) is 0 Å². The summed E-state index contributed by atoms with van der Waals surface area (Å²) in [7, 11) is 0. The summed E-state index contributed by atoms with van der Waals surface area (Å²) in [5.41, 5.74) is 4.86.